The van der Waals surface area contributed by atoms with Crippen LogP contribution in [0.25, 0.3) is 11.2 Å². The molecule has 1 aliphatic rings. The minimum absolute atomic E-state index is 0.388. The topological polar surface area (TPSA) is 64.9 Å². The molecule has 0 aromatic carbocycles. The lowest BCUT2D eigenvalue weighted by molar-refractivity contribution is 0.401. The van der Waals surface area contributed by atoms with Crippen LogP contribution in [0.5, 0.6) is 0 Å². The second-order valence-electron chi connectivity index (χ2n) is 4.41. The fraction of sp³-hybridized carbons (Fsp3) is 0.500. The van der Waals surface area contributed by atoms with Gasteiger partial charge in [0.25, 0.3) is 0 Å². The zero-order valence-electron chi connectivity index (χ0n) is 9.10. The minimum Gasteiger partial charge on any atom is -0.439 e. The average Bonchev–Trinajstić information content (AvgIpc) is 2.94. The molecule has 2 aromatic heterocycles. The smallest absolute Gasteiger partial charge is 0.200 e. The Morgan fingerprint density at radius 2 is 2.38 bits per heavy atom. The van der Waals surface area contributed by atoms with Crippen molar-refractivity contribution in [2.24, 2.45) is 11.7 Å². The van der Waals surface area contributed by atoms with Crippen LogP contribution < -0.4 is 5.73 Å². The molecule has 16 heavy (non-hydrogen) atoms. The van der Waals surface area contributed by atoms with E-state index >= 15 is 0 Å². The van der Waals surface area contributed by atoms with Gasteiger partial charge in [-0.15, -0.1) is 0 Å². The monoisotopic (exact) mass is 217 g/mol. The van der Waals surface area contributed by atoms with Gasteiger partial charge in [0.1, 0.15) is 0 Å². The minimum atomic E-state index is 0.388. The van der Waals surface area contributed by atoms with Gasteiger partial charge in [0.15, 0.2) is 17.1 Å². The van der Waals surface area contributed by atoms with Crippen molar-refractivity contribution in [3.8, 4) is 0 Å². The molecule has 0 bridgehead atoms. The lowest BCUT2D eigenvalue weighted by atomic mass is 9.96. The van der Waals surface area contributed by atoms with E-state index in [1.165, 1.54) is 12.8 Å². The van der Waals surface area contributed by atoms with Crippen molar-refractivity contribution in [1.82, 2.24) is 9.97 Å². The first-order valence-corrected chi connectivity index (χ1v) is 5.80. The summed E-state index contributed by atoms with van der Waals surface area (Å²) in [7, 11) is 0. The molecule has 1 fully saturated rings. The molecular weight excluding hydrogens is 202 g/mol. The second-order valence-corrected chi connectivity index (χ2v) is 4.41. The van der Waals surface area contributed by atoms with Gasteiger partial charge >= 0.3 is 0 Å². The number of oxazole rings is 1. The maximum absolute atomic E-state index is 5.77. The van der Waals surface area contributed by atoms with E-state index in [-0.39, 0.29) is 0 Å². The summed E-state index contributed by atoms with van der Waals surface area (Å²) in [5.41, 5.74) is 7.26. The number of fused-ring (bicyclic) bond motifs is 1. The summed E-state index contributed by atoms with van der Waals surface area (Å²) in [6.45, 7) is 0.719. The fourth-order valence-corrected chi connectivity index (χ4v) is 2.59. The van der Waals surface area contributed by atoms with E-state index in [9.17, 15) is 0 Å². The number of pyridine rings is 1. The standard InChI is InChI=1S/C12H15N3O/c13-7-8-3-1-4-9(8)12-15-11-10(16-12)5-2-6-14-11/h2,5-6,8-9H,1,3-4,7,13H2. The highest BCUT2D eigenvalue weighted by molar-refractivity contribution is 5.67. The molecule has 2 heterocycles. The Hall–Kier alpha value is -1.42. The van der Waals surface area contributed by atoms with E-state index in [1.807, 2.05) is 12.1 Å². The third kappa shape index (κ3) is 1.50. The maximum Gasteiger partial charge on any atom is 0.200 e. The lowest BCUT2D eigenvalue weighted by Gasteiger charge is -2.13. The van der Waals surface area contributed by atoms with E-state index in [0.717, 1.165) is 24.4 Å². The Morgan fingerprint density at radius 1 is 1.44 bits per heavy atom. The molecular formula is C12H15N3O. The zero-order chi connectivity index (χ0) is 11.0. The van der Waals surface area contributed by atoms with Gasteiger partial charge < -0.3 is 10.2 Å². The number of nitrogens with zero attached hydrogens (tertiary/aromatic N) is 2. The molecule has 2 unspecified atom stereocenters. The number of aromatic nitrogens is 2. The van der Waals surface area contributed by atoms with Crippen molar-refractivity contribution >= 4 is 11.2 Å². The Balaban J connectivity index is 1.99. The first kappa shape index (κ1) is 9.78. The normalized spacial score (nSPS) is 25.3. The molecule has 2 atom stereocenters. The Kier molecular flexibility index (Phi) is 2.36. The van der Waals surface area contributed by atoms with Crippen molar-refractivity contribution in [1.29, 1.82) is 0 Å². The molecule has 84 valence electrons. The molecule has 4 nitrogen and oxygen atoms in total. The lowest BCUT2D eigenvalue weighted by Crippen LogP contribution is -2.17. The van der Waals surface area contributed by atoms with E-state index in [1.54, 1.807) is 6.20 Å². The SMILES string of the molecule is NCC1CCCC1c1nc2ncccc2o1. The highest BCUT2D eigenvalue weighted by Gasteiger charge is 2.31. The maximum atomic E-state index is 5.77. The van der Waals surface area contributed by atoms with Crippen LogP contribution in [0.1, 0.15) is 31.1 Å². The molecule has 0 amide bonds. The summed E-state index contributed by atoms with van der Waals surface area (Å²) >= 11 is 0. The van der Waals surface area contributed by atoms with E-state index in [4.69, 9.17) is 10.2 Å². The molecule has 3 rings (SSSR count). The van der Waals surface area contributed by atoms with Crippen molar-refractivity contribution < 1.29 is 4.42 Å². The molecule has 0 spiro atoms. The predicted octanol–water partition coefficient (Wildman–Crippen LogP) is 2.07. The number of rotatable bonds is 2. The third-order valence-corrected chi connectivity index (χ3v) is 3.46. The Morgan fingerprint density at radius 3 is 3.19 bits per heavy atom. The van der Waals surface area contributed by atoms with Crippen molar-refractivity contribution in [2.75, 3.05) is 6.54 Å². The molecule has 2 aromatic rings. The largest absolute Gasteiger partial charge is 0.439 e. The summed E-state index contributed by atoms with van der Waals surface area (Å²) in [6.07, 6.45) is 5.28. The van der Waals surface area contributed by atoms with Crippen molar-refractivity contribution in [2.45, 2.75) is 25.2 Å². The molecule has 1 aliphatic carbocycles. The summed E-state index contributed by atoms with van der Waals surface area (Å²) < 4.78 is 5.75. The van der Waals surface area contributed by atoms with Gasteiger partial charge in [-0.05, 0) is 37.4 Å². The van der Waals surface area contributed by atoms with Crippen LogP contribution in [0.2, 0.25) is 0 Å². The molecule has 0 radical (unpaired) electrons. The molecule has 2 N–H and O–H groups in total. The highest BCUT2D eigenvalue weighted by Crippen LogP contribution is 2.39. The Labute approximate surface area is 93.9 Å². The molecule has 0 saturated heterocycles. The van der Waals surface area contributed by atoms with Crippen molar-refractivity contribution in [3.05, 3.63) is 24.2 Å². The number of nitrogens with two attached hydrogens (primary N) is 1. The molecule has 4 heteroatoms. The van der Waals surface area contributed by atoms with Gasteiger partial charge in [-0.25, -0.2) is 4.98 Å². The number of hydrogen-bond donors (Lipinski definition) is 1. The van der Waals surface area contributed by atoms with Gasteiger partial charge in [-0.2, -0.15) is 4.98 Å². The molecule has 1 saturated carbocycles. The zero-order valence-corrected chi connectivity index (χ0v) is 9.10. The van der Waals surface area contributed by atoms with E-state index in [2.05, 4.69) is 9.97 Å². The quantitative estimate of drug-likeness (QED) is 0.836. The summed E-state index contributed by atoms with van der Waals surface area (Å²) in [4.78, 5) is 8.65. The third-order valence-electron chi connectivity index (χ3n) is 3.46. The van der Waals surface area contributed by atoms with Crippen LogP contribution >= 0.6 is 0 Å². The van der Waals surface area contributed by atoms with Crippen LogP contribution in [-0.4, -0.2) is 16.5 Å². The highest BCUT2D eigenvalue weighted by atomic mass is 16.3. The summed E-state index contributed by atoms with van der Waals surface area (Å²) in [5.74, 6) is 1.73. The summed E-state index contributed by atoms with van der Waals surface area (Å²) in [5, 5.41) is 0. The van der Waals surface area contributed by atoms with E-state index in [0.29, 0.717) is 17.5 Å². The second kappa shape index (κ2) is 3.87. The van der Waals surface area contributed by atoms with Gasteiger partial charge in [0.05, 0.1) is 0 Å². The first-order valence-electron chi connectivity index (χ1n) is 5.80. The van der Waals surface area contributed by atoms with Crippen LogP contribution in [0.4, 0.5) is 0 Å². The van der Waals surface area contributed by atoms with Crippen LogP contribution in [0.15, 0.2) is 22.7 Å². The van der Waals surface area contributed by atoms with Crippen LogP contribution in [-0.2, 0) is 0 Å². The van der Waals surface area contributed by atoms with Gasteiger partial charge in [-0.3, -0.25) is 0 Å². The van der Waals surface area contributed by atoms with Crippen molar-refractivity contribution in [3.63, 3.8) is 0 Å². The average molecular weight is 217 g/mol. The number of hydrogen-bond acceptors (Lipinski definition) is 4. The predicted molar refractivity (Wildman–Crippen MR) is 60.9 cm³/mol. The first-order chi connectivity index (χ1) is 7.88. The summed E-state index contributed by atoms with van der Waals surface area (Å²) in [6, 6.07) is 3.78. The van der Waals surface area contributed by atoms with Gasteiger partial charge in [0.2, 0.25) is 0 Å². The van der Waals surface area contributed by atoms with Gasteiger partial charge in [0, 0.05) is 12.1 Å². The van der Waals surface area contributed by atoms with Gasteiger partial charge in [-0.1, -0.05) is 6.42 Å². The van der Waals surface area contributed by atoms with Crippen LogP contribution in [0.3, 0.4) is 0 Å². The van der Waals surface area contributed by atoms with E-state index < -0.39 is 0 Å². The molecule has 0 aliphatic heterocycles. The van der Waals surface area contributed by atoms with Crippen LogP contribution in [0, 0.1) is 5.92 Å². The fourth-order valence-electron chi connectivity index (χ4n) is 2.59. The Bertz CT molecular complexity index is 461.